The van der Waals surface area contributed by atoms with Crippen molar-refractivity contribution in [3.05, 3.63) is 0 Å². The summed E-state index contributed by atoms with van der Waals surface area (Å²) < 4.78 is 0. The molecule has 1 amide bonds. The van der Waals surface area contributed by atoms with Crippen LogP contribution in [0.15, 0.2) is 0 Å². The zero-order valence-electron chi connectivity index (χ0n) is 9.59. The average molecular weight is 210 g/mol. The molecule has 0 spiro atoms. The molecule has 0 aromatic carbocycles. The predicted octanol–water partition coefficient (Wildman–Crippen LogP) is 1.43. The molecule has 2 N–H and O–H groups in total. The molecule has 3 nitrogen and oxygen atoms in total. The van der Waals surface area contributed by atoms with Gasteiger partial charge in [-0.25, -0.2) is 0 Å². The van der Waals surface area contributed by atoms with Crippen LogP contribution in [0, 0.1) is 5.92 Å². The van der Waals surface area contributed by atoms with Crippen molar-refractivity contribution >= 4 is 5.91 Å². The van der Waals surface area contributed by atoms with Crippen LogP contribution in [0.5, 0.6) is 0 Å². The van der Waals surface area contributed by atoms with Crippen molar-refractivity contribution in [3.63, 3.8) is 0 Å². The Labute approximate surface area is 92.0 Å². The van der Waals surface area contributed by atoms with E-state index in [1.54, 1.807) is 0 Å². The van der Waals surface area contributed by atoms with Gasteiger partial charge in [0.25, 0.3) is 0 Å². The lowest BCUT2D eigenvalue weighted by Crippen LogP contribution is -2.46. The first-order valence-corrected chi connectivity index (χ1v) is 6.29. The van der Waals surface area contributed by atoms with Crippen molar-refractivity contribution < 1.29 is 4.79 Å². The number of hydrogen-bond donors (Lipinski definition) is 2. The molecule has 2 fully saturated rings. The third-order valence-electron chi connectivity index (χ3n) is 3.74. The molecule has 1 atom stereocenters. The summed E-state index contributed by atoms with van der Waals surface area (Å²) in [5.74, 6) is 1.08. The molecule has 2 aliphatic rings. The van der Waals surface area contributed by atoms with E-state index in [1.165, 1.54) is 25.7 Å². The van der Waals surface area contributed by atoms with Crippen LogP contribution in [0.1, 0.15) is 45.4 Å². The minimum Gasteiger partial charge on any atom is -0.352 e. The Balaban J connectivity index is 1.74. The second-order valence-corrected chi connectivity index (χ2v) is 5.11. The van der Waals surface area contributed by atoms with Gasteiger partial charge in [0.15, 0.2) is 0 Å². The van der Waals surface area contributed by atoms with Crippen LogP contribution in [0.2, 0.25) is 0 Å². The lowest BCUT2D eigenvalue weighted by molar-refractivity contribution is -0.123. The molecular formula is C12H22N2O. The molecule has 1 heterocycles. The van der Waals surface area contributed by atoms with Crippen molar-refractivity contribution in [3.8, 4) is 0 Å². The molecule has 0 aromatic rings. The quantitative estimate of drug-likeness (QED) is 0.724. The fraction of sp³-hybridized carbons (Fsp3) is 0.917. The average Bonchev–Trinajstić information content (AvgIpc) is 2.74. The lowest BCUT2D eigenvalue weighted by Gasteiger charge is -2.27. The second-order valence-electron chi connectivity index (χ2n) is 5.11. The van der Waals surface area contributed by atoms with E-state index in [4.69, 9.17) is 0 Å². The van der Waals surface area contributed by atoms with E-state index in [-0.39, 0.29) is 11.9 Å². The SMILES string of the molecule is C[C@H]1CC[C@H](NC(=O)[C@@H]2CCCN2)CC1. The third kappa shape index (κ3) is 2.94. The van der Waals surface area contributed by atoms with Gasteiger partial charge in [-0.3, -0.25) is 4.79 Å². The Bertz CT molecular complexity index is 216. The molecule has 0 aromatic heterocycles. The first kappa shape index (κ1) is 10.9. The monoisotopic (exact) mass is 210 g/mol. The molecule has 0 radical (unpaired) electrons. The van der Waals surface area contributed by atoms with Crippen molar-refractivity contribution in [1.82, 2.24) is 10.6 Å². The summed E-state index contributed by atoms with van der Waals surface area (Å²) in [5.41, 5.74) is 0. The highest BCUT2D eigenvalue weighted by Gasteiger charge is 2.25. The lowest BCUT2D eigenvalue weighted by atomic mass is 9.87. The molecule has 1 saturated carbocycles. The van der Waals surface area contributed by atoms with E-state index >= 15 is 0 Å². The van der Waals surface area contributed by atoms with E-state index in [1.807, 2.05) is 0 Å². The number of amides is 1. The molecule has 0 unspecified atom stereocenters. The van der Waals surface area contributed by atoms with Crippen LogP contribution in [0.3, 0.4) is 0 Å². The van der Waals surface area contributed by atoms with E-state index in [0.717, 1.165) is 25.3 Å². The van der Waals surface area contributed by atoms with E-state index in [9.17, 15) is 4.79 Å². The van der Waals surface area contributed by atoms with Crippen LogP contribution in [-0.2, 0) is 4.79 Å². The number of hydrogen-bond acceptors (Lipinski definition) is 2. The summed E-state index contributed by atoms with van der Waals surface area (Å²) in [4.78, 5) is 11.8. The summed E-state index contributed by atoms with van der Waals surface area (Å²) in [6.45, 7) is 3.30. The summed E-state index contributed by atoms with van der Waals surface area (Å²) in [7, 11) is 0. The molecule has 3 heteroatoms. The molecule has 1 saturated heterocycles. The molecule has 15 heavy (non-hydrogen) atoms. The molecule has 2 rings (SSSR count). The maximum atomic E-state index is 11.8. The highest BCUT2D eigenvalue weighted by atomic mass is 16.2. The van der Waals surface area contributed by atoms with Crippen LogP contribution in [-0.4, -0.2) is 24.5 Å². The minimum absolute atomic E-state index is 0.0874. The van der Waals surface area contributed by atoms with Gasteiger partial charge in [0.05, 0.1) is 6.04 Å². The second kappa shape index (κ2) is 4.97. The normalized spacial score (nSPS) is 36.5. The fourth-order valence-electron chi connectivity index (χ4n) is 2.61. The number of carbonyl (C=O) groups is 1. The van der Waals surface area contributed by atoms with Gasteiger partial charge in [0, 0.05) is 6.04 Å². The van der Waals surface area contributed by atoms with Crippen LogP contribution in [0.4, 0.5) is 0 Å². The van der Waals surface area contributed by atoms with Gasteiger partial charge in [0.2, 0.25) is 5.91 Å². The van der Waals surface area contributed by atoms with Gasteiger partial charge in [-0.15, -0.1) is 0 Å². The summed E-state index contributed by atoms with van der Waals surface area (Å²) in [6.07, 6.45) is 7.01. The smallest absolute Gasteiger partial charge is 0.237 e. The Morgan fingerprint density at radius 2 is 1.93 bits per heavy atom. The van der Waals surface area contributed by atoms with Crippen LogP contribution >= 0.6 is 0 Å². The third-order valence-corrected chi connectivity index (χ3v) is 3.74. The topological polar surface area (TPSA) is 41.1 Å². The molecule has 0 bridgehead atoms. The zero-order chi connectivity index (χ0) is 10.7. The zero-order valence-corrected chi connectivity index (χ0v) is 9.59. The van der Waals surface area contributed by atoms with Crippen LogP contribution in [0.25, 0.3) is 0 Å². The van der Waals surface area contributed by atoms with Gasteiger partial charge in [0.1, 0.15) is 0 Å². The molecule has 86 valence electrons. The number of carbonyl (C=O) groups excluding carboxylic acids is 1. The fourth-order valence-corrected chi connectivity index (χ4v) is 2.61. The van der Waals surface area contributed by atoms with Gasteiger partial charge in [-0.1, -0.05) is 6.92 Å². The standard InChI is InChI=1S/C12H22N2O/c1-9-4-6-10(7-5-9)14-12(15)11-3-2-8-13-11/h9-11,13H,2-8H2,1H3,(H,14,15)/t9-,10-,11-/m0/s1. The minimum atomic E-state index is 0.0874. The Morgan fingerprint density at radius 1 is 1.20 bits per heavy atom. The first-order valence-electron chi connectivity index (χ1n) is 6.29. The molecule has 1 aliphatic heterocycles. The van der Waals surface area contributed by atoms with E-state index in [2.05, 4.69) is 17.6 Å². The van der Waals surface area contributed by atoms with Gasteiger partial charge < -0.3 is 10.6 Å². The maximum Gasteiger partial charge on any atom is 0.237 e. The Morgan fingerprint density at radius 3 is 2.53 bits per heavy atom. The van der Waals surface area contributed by atoms with Crippen LogP contribution < -0.4 is 10.6 Å². The highest BCUT2D eigenvalue weighted by Crippen LogP contribution is 2.23. The largest absolute Gasteiger partial charge is 0.352 e. The summed E-state index contributed by atoms with van der Waals surface area (Å²) in [5, 5.41) is 6.42. The predicted molar refractivity (Wildman–Crippen MR) is 60.6 cm³/mol. The van der Waals surface area contributed by atoms with Crippen molar-refractivity contribution in [1.29, 1.82) is 0 Å². The Hall–Kier alpha value is -0.570. The Kier molecular flexibility index (Phi) is 3.62. The van der Waals surface area contributed by atoms with Gasteiger partial charge >= 0.3 is 0 Å². The number of nitrogens with one attached hydrogen (secondary N) is 2. The van der Waals surface area contributed by atoms with Crippen molar-refractivity contribution in [2.75, 3.05) is 6.54 Å². The van der Waals surface area contributed by atoms with E-state index in [0.29, 0.717) is 6.04 Å². The summed E-state index contributed by atoms with van der Waals surface area (Å²) in [6, 6.07) is 0.528. The first-order chi connectivity index (χ1) is 7.25. The summed E-state index contributed by atoms with van der Waals surface area (Å²) >= 11 is 0. The van der Waals surface area contributed by atoms with E-state index < -0.39 is 0 Å². The van der Waals surface area contributed by atoms with Gasteiger partial charge in [-0.2, -0.15) is 0 Å². The van der Waals surface area contributed by atoms with Crippen molar-refractivity contribution in [2.45, 2.75) is 57.5 Å². The maximum absolute atomic E-state index is 11.8. The van der Waals surface area contributed by atoms with Crippen molar-refractivity contribution in [2.24, 2.45) is 5.92 Å². The van der Waals surface area contributed by atoms with Gasteiger partial charge in [-0.05, 0) is 51.0 Å². The molecular weight excluding hydrogens is 188 g/mol. The molecule has 1 aliphatic carbocycles. The number of rotatable bonds is 2. The highest BCUT2D eigenvalue weighted by molar-refractivity contribution is 5.82.